The number of piperazine rings is 1. The lowest BCUT2D eigenvalue weighted by molar-refractivity contribution is -0.147. The maximum absolute atomic E-state index is 10.8. The van der Waals surface area contributed by atoms with E-state index in [1.54, 1.807) is 0 Å². The Morgan fingerprint density at radius 2 is 2.30 bits per heavy atom. The molecule has 10 heavy (non-hydrogen) atoms. The second kappa shape index (κ2) is 2.88. The predicted molar refractivity (Wildman–Crippen MR) is 35.4 cm³/mol. The van der Waals surface area contributed by atoms with Crippen LogP contribution in [0.2, 0.25) is 0 Å². The van der Waals surface area contributed by atoms with E-state index in [2.05, 4.69) is 5.32 Å². The van der Waals surface area contributed by atoms with Crippen molar-refractivity contribution in [2.24, 2.45) is 0 Å². The Morgan fingerprint density at radius 3 is 2.80 bits per heavy atom. The van der Waals surface area contributed by atoms with E-state index in [1.165, 1.54) is 4.90 Å². The molecule has 0 aliphatic carbocycles. The van der Waals surface area contributed by atoms with Gasteiger partial charge in [-0.25, -0.2) is 0 Å². The summed E-state index contributed by atoms with van der Waals surface area (Å²) in [6.07, 6.45) is 0. The van der Waals surface area contributed by atoms with Gasteiger partial charge in [0.1, 0.15) is 0 Å². The van der Waals surface area contributed by atoms with Crippen LogP contribution in [0.4, 0.5) is 0 Å². The van der Waals surface area contributed by atoms with Gasteiger partial charge >= 0.3 is 11.8 Å². The highest BCUT2D eigenvalue weighted by Gasteiger charge is 2.24. The Hall–Kier alpha value is -0.770. The molecule has 0 radical (unpaired) electrons. The Labute approximate surface area is 63.1 Å². The minimum absolute atomic E-state index is 0.0895. The molecule has 1 rings (SSSR count). The molecule has 0 atom stereocenters. The van der Waals surface area contributed by atoms with E-state index in [-0.39, 0.29) is 6.00 Å². The van der Waals surface area contributed by atoms with Crippen LogP contribution >= 0.6 is 11.6 Å². The maximum Gasteiger partial charge on any atom is 0.312 e. The third-order valence-electron chi connectivity index (χ3n) is 1.29. The normalized spacial score (nSPS) is 19.1. The smallest absolute Gasteiger partial charge is 0.312 e. The molecule has 5 heteroatoms. The third-order valence-corrected chi connectivity index (χ3v) is 1.58. The summed E-state index contributed by atoms with van der Waals surface area (Å²) in [5.74, 6) is -1.10. The molecule has 0 unspecified atom stereocenters. The number of rotatable bonds is 1. The van der Waals surface area contributed by atoms with Crippen LogP contribution in [0.3, 0.4) is 0 Å². The SMILES string of the molecule is O=C1NCCN(CCl)C1=O. The van der Waals surface area contributed by atoms with E-state index in [9.17, 15) is 9.59 Å². The Bertz CT molecular complexity index is 171. The molecule has 1 aliphatic heterocycles. The largest absolute Gasteiger partial charge is 0.346 e. The van der Waals surface area contributed by atoms with Crippen LogP contribution < -0.4 is 5.32 Å². The molecule has 1 saturated heterocycles. The van der Waals surface area contributed by atoms with Gasteiger partial charge in [0, 0.05) is 13.1 Å². The maximum atomic E-state index is 10.8. The average molecular weight is 163 g/mol. The fourth-order valence-corrected chi connectivity index (χ4v) is 0.967. The van der Waals surface area contributed by atoms with Gasteiger partial charge < -0.3 is 10.2 Å². The Morgan fingerprint density at radius 1 is 1.60 bits per heavy atom. The van der Waals surface area contributed by atoms with Crippen molar-refractivity contribution >= 4 is 23.4 Å². The van der Waals surface area contributed by atoms with Crippen molar-refractivity contribution in [1.29, 1.82) is 0 Å². The highest BCUT2D eigenvalue weighted by molar-refractivity contribution is 6.36. The molecule has 1 heterocycles. The number of halogens is 1. The summed E-state index contributed by atoms with van der Waals surface area (Å²) >= 11 is 5.37. The summed E-state index contributed by atoms with van der Waals surface area (Å²) in [6.45, 7) is 1.01. The summed E-state index contributed by atoms with van der Waals surface area (Å²) in [5.41, 5.74) is 0. The van der Waals surface area contributed by atoms with E-state index in [0.717, 1.165) is 0 Å². The molecule has 0 aromatic rings. The van der Waals surface area contributed by atoms with Crippen LogP contribution in [0.5, 0.6) is 0 Å². The van der Waals surface area contributed by atoms with Crippen molar-refractivity contribution in [3.63, 3.8) is 0 Å². The van der Waals surface area contributed by atoms with Gasteiger partial charge in [-0.15, -0.1) is 11.6 Å². The van der Waals surface area contributed by atoms with E-state index in [4.69, 9.17) is 11.6 Å². The molecule has 1 fully saturated rings. The minimum atomic E-state index is -0.563. The summed E-state index contributed by atoms with van der Waals surface area (Å²) < 4.78 is 0. The van der Waals surface area contributed by atoms with Gasteiger partial charge in [0.15, 0.2) is 0 Å². The number of alkyl halides is 1. The summed E-state index contributed by atoms with van der Waals surface area (Å²) in [4.78, 5) is 22.7. The lowest BCUT2D eigenvalue weighted by Crippen LogP contribution is -2.51. The van der Waals surface area contributed by atoms with Crippen LogP contribution in [0.25, 0.3) is 0 Å². The van der Waals surface area contributed by atoms with Gasteiger partial charge in [0.05, 0.1) is 6.00 Å². The first kappa shape index (κ1) is 7.34. The molecular formula is C5H7ClN2O2. The lowest BCUT2D eigenvalue weighted by atomic mass is 10.4. The van der Waals surface area contributed by atoms with Crippen LogP contribution in [-0.2, 0) is 9.59 Å². The highest BCUT2D eigenvalue weighted by atomic mass is 35.5. The van der Waals surface area contributed by atoms with Gasteiger partial charge in [0.25, 0.3) is 0 Å². The zero-order valence-corrected chi connectivity index (χ0v) is 6.02. The van der Waals surface area contributed by atoms with Crippen LogP contribution in [-0.4, -0.2) is 35.8 Å². The number of nitrogens with zero attached hydrogens (tertiary/aromatic N) is 1. The van der Waals surface area contributed by atoms with Crippen LogP contribution in [0.1, 0.15) is 0 Å². The molecule has 0 saturated carbocycles. The monoisotopic (exact) mass is 162 g/mol. The molecule has 0 aromatic carbocycles. The van der Waals surface area contributed by atoms with Crippen molar-refractivity contribution in [3.05, 3.63) is 0 Å². The first-order valence-corrected chi connectivity index (χ1v) is 3.42. The Kier molecular flexibility index (Phi) is 2.11. The first-order chi connectivity index (χ1) is 4.75. The Balaban J connectivity index is 2.60. The van der Waals surface area contributed by atoms with Crippen LogP contribution in [0, 0.1) is 0 Å². The number of nitrogens with one attached hydrogen (secondary N) is 1. The zero-order chi connectivity index (χ0) is 7.56. The molecule has 56 valence electrons. The number of hydrogen-bond acceptors (Lipinski definition) is 2. The molecule has 2 amide bonds. The molecule has 1 aliphatic rings. The van der Waals surface area contributed by atoms with Gasteiger partial charge in [-0.05, 0) is 0 Å². The third kappa shape index (κ3) is 1.21. The van der Waals surface area contributed by atoms with Gasteiger partial charge in [-0.2, -0.15) is 0 Å². The summed E-state index contributed by atoms with van der Waals surface area (Å²) in [6, 6.07) is 0.0895. The molecule has 4 nitrogen and oxygen atoms in total. The molecular weight excluding hydrogens is 156 g/mol. The standard InChI is InChI=1S/C5H7ClN2O2/c6-3-8-2-1-7-4(9)5(8)10/h1-3H2,(H,7,9). The predicted octanol–water partition coefficient (Wildman–Crippen LogP) is -0.859. The summed E-state index contributed by atoms with van der Waals surface area (Å²) in [7, 11) is 0. The van der Waals surface area contributed by atoms with Crippen molar-refractivity contribution < 1.29 is 9.59 Å². The quantitative estimate of drug-likeness (QED) is 0.310. The fraction of sp³-hybridized carbons (Fsp3) is 0.600. The number of hydrogen-bond donors (Lipinski definition) is 1. The lowest BCUT2D eigenvalue weighted by Gasteiger charge is -2.23. The van der Waals surface area contributed by atoms with Gasteiger partial charge in [-0.3, -0.25) is 9.59 Å². The second-order valence-electron chi connectivity index (χ2n) is 1.94. The molecule has 0 bridgehead atoms. The molecule has 0 spiro atoms. The topological polar surface area (TPSA) is 49.4 Å². The highest BCUT2D eigenvalue weighted by Crippen LogP contribution is 1.96. The number of carbonyl (C=O) groups excluding carboxylic acids is 2. The van der Waals surface area contributed by atoms with Crippen molar-refractivity contribution in [2.75, 3.05) is 19.1 Å². The molecule has 0 aromatic heterocycles. The fourth-order valence-electron chi connectivity index (χ4n) is 0.739. The van der Waals surface area contributed by atoms with Gasteiger partial charge in [0.2, 0.25) is 0 Å². The average Bonchev–Trinajstić information content (AvgIpc) is 1.95. The van der Waals surface area contributed by atoms with E-state index in [1.807, 2.05) is 0 Å². The van der Waals surface area contributed by atoms with Crippen molar-refractivity contribution in [1.82, 2.24) is 10.2 Å². The van der Waals surface area contributed by atoms with E-state index >= 15 is 0 Å². The van der Waals surface area contributed by atoms with Crippen molar-refractivity contribution in [2.45, 2.75) is 0 Å². The van der Waals surface area contributed by atoms with Gasteiger partial charge in [-0.1, -0.05) is 0 Å². The van der Waals surface area contributed by atoms with Crippen molar-refractivity contribution in [3.8, 4) is 0 Å². The van der Waals surface area contributed by atoms with E-state index < -0.39 is 11.8 Å². The number of carbonyl (C=O) groups is 2. The second-order valence-corrected chi connectivity index (χ2v) is 2.18. The first-order valence-electron chi connectivity index (χ1n) is 2.89. The summed E-state index contributed by atoms with van der Waals surface area (Å²) in [5, 5.41) is 2.41. The van der Waals surface area contributed by atoms with Crippen LogP contribution in [0.15, 0.2) is 0 Å². The minimum Gasteiger partial charge on any atom is -0.346 e. The molecule has 1 N–H and O–H groups in total. The zero-order valence-electron chi connectivity index (χ0n) is 5.26. The number of amides is 2. The van der Waals surface area contributed by atoms with E-state index in [0.29, 0.717) is 13.1 Å².